The number of hydrogen-bond acceptors (Lipinski definition) is 4. The Balaban J connectivity index is 1.95. The van der Waals surface area contributed by atoms with E-state index in [1.807, 2.05) is 6.92 Å². The number of hydrogen-bond donors (Lipinski definition) is 1. The number of aryl methyl sites for hydroxylation is 2. The van der Waals surface area contributed by atoms with Crippen LogP contribution < -0.4 is 0 Å². The first-order valence-corrected chi connectivity index (χ1v) is 8.01. The molecule has 1 unspecified atom stereocenters. The van der Waals surface area contributed by atoms with Gasteiger partial charge in [-0.25, -0.2) is 9.37 Å². The van der Waals surface area contributed by atoms with E-state index < -0.39 is 11.7 Å². The van der Waals surface area contributed by atoms with Gasteiger partial charge in [0.1, 0.15) is 17.1 Å². The van der Waals surface area contributed by atoms with E-state index in [1.54, 1.807) is 18.4 Å². The molecule has 0 aliphatic heterocycles. The van der Waals surface area contributed by atoms with Crippen molar-refractivity contribution in [2.45, 2.75) is 32.2 Å². The molecule has 1 atom stereocenters. The fourth-order valence-electron chi connectivity index (χ4n) is 2.93. The van der Waals surface area contributed by atoms with E-state index in [9.17, 15) is 14.3 Å². The maximum absolute atomic E-state index is 13.9. The molecule has 6 heteroatoms. The van der Waals surface area contributed by atoms with Crippen LogP contribution >= 0.6 is 11.3 Å². The number of aromatic hydroxyl groups is 1. The second-order valence-corrected chi connectivity index (χ2v) is 6.74. The van der Waals surface area contributed by atoms with E-state index in [0.717, 1.165) is 34.8 Å². The lowest BCUT2D eigenvalue weighted by Crippen LogP contribution is -2.33. The third-order valence-electron chi connectivity index (χ3n) is 4.02. The van der Waals surface area contributed by atoms with E-state index >= 15 is 0 Å². The predicted molar refractivity (Wildman–Crippen MR) is 82.7 cm³/mol. The van der Waals surface area contributed by atoms with Crippen LogP contribution in [0.2, 0.25) is 0 Å². The van der Waals surface area contributed by atoms with Gasteiger partial charge in [-0.2, -0.15) is 0 Å². The Morgan fingerprint density at radius 1 is 1.50 bits per heavy atom. The lowest BCUT2D eigenvalue weighted by atomic mass is 9.96. The van der Waals surface area contributed by atoms with Crippen LogP contribution in [0.1, 0.15) is 44.8 Å². The topological polar surface area (TPSA) is 53.4 Å². The molecule has 1 aliphatic rings. The lowest BCUT2D eigenvalue weighted by Gasteiger charge is -2.31. The van der Waals surface area contributed by atoms with Crippen molar-refractivity contribution in [3.8, 4) is 5.75 Å². The van der Waals surface area contributed by atoms with Crippen molar-refractivity contribution in [3.63, 3.8) is 0 Å². The number of rotatable bonds is 2. The Kier molecular flexibility index (Phi) is 3.87. The SMILES string of the molecule is Cc1nc2c(s1)C(N(C)C(=O)c1c(O)cccc1F)CCC2. The maximum Gasteiger partial charge on any atom is 0.260 e. The third kappa shape index (κ3) is 2.47. The number of thiazole rings is 1. The zero-order valence-corrected chi connectivity index (χ0v) is 13.3. The summed E-state index contributed by atoms with van der Waals surface area (Å²) < 4.78 is 13.9. The molecule has 1 amide bonds. The molecule has 116 valence electrons. The Bertz CT molecular complexity index is 709. The molecule has 0 bridgehead atoms. The minimum Gasteiger partial charge on any atom is -0.507 e. The summed E-state index contributed by atoms with van der Waals surface area (Å²) in [5, 5.41) is 10.8. The van der Waals surface area contributed by atoms with Gasteiger partial charge in [-0.15, -0.1) is 11.3 Å². The van der Waals surface area contributed by atoms with Gasteiger partial charge >= 0.3 is 0 Å². The van der Waals surface area contributed by atoms with E-state index in [4.69, 9.17) is 0 Å². The minimum absolute atomic E-state index is 0.110. The number of phenols is 1. The van der Waals surface area contributed by atoms with E-state index in [-0.39, 0.29) is 17.4 Å². The zero-order valence-electron chi connectivity index (χ0n) is 12.5. The third-order valence-corrected chi connectivity index (χ3v) is 5.14. The highest BCUT2D eigenvalue weighted by atomic mass is 32.1. The molecule has 1 N–H and O–H groups in total. The molecule has 4 nitrogen and oxygen atoms in total. The molecule has 0 saturated carbocycles. The predicted octanol–water partition coefficient (Wildman–Crippen LogP) is 3.45. The second-order valence-electron chi connectivity index (χ2n) is 5.50. The number of aromatic nitrogens is 1. The molecule has 0 fully saturated rings. The maximum atomic E-state index is 13.9. The van der Waals surface area contributed by atoms with Crippen LogP contribution in [0, 0.1) is 12.7 Å². The number of amides is 1. The van der Waals surface area contributed by atoms with Crippen LogP contribution in [0.4, 0.5) is 4.39 Å². The number of nitrogens with zero attached hydrogens (tertiary/aromatic N) is 2. The highest BCUT2D eigenvalue weighted by molar-refractivity contribution is 7.11. The van der Waals surface area contributed by atoms with Gasteiger partial charge in [0.05, 0.1) is 21.6 Å². The average molecular weight is 320 g/mol. The molecule has 0 radical (unpaired) electrons. The van der Waals surface area contributed by atoms with E-state index in [0.29, 0.717) is 0 Å². The fraction of sp³-hybridized carbons (Fsp3) is 0.375. The Morgan fingerprint density at radius 2 is 2.27 bits per heavy atom. The summed E-state index contributed by atoms with van der Waals surface area (Å²) in [6, 6.07) is 3.78. The van der Waals surface area contributed by atoms with Crippen LogP contribution in [0.3, 0.4) is 0 Å². The second kappa shape index (κ2) is 5.68. The van der Waals surface area contributed by atoms with Crippen molar-refractivity contribution in [1.82, 2.24) is 9.88 Å². The molecule has 2 aromatic rings. The van der Waals surface area contributed by atoms with Crippen LogP contribution in [-0.2, 0) is 6.42 Å². The van der Waals surface area contributed by atoms with Crippen LogP contribution in [0.5, 0.6) is 5.75 Å². The quantitative estimate of drug-likeness (QED) is 0.922. The highest BCUT2D eigenvalue weighted by Gasteiger charge is 2.31. The van der Waals surface area contributed by atoms with E-state index in [1.165, 1.54) is 23.1 Å². The van der Waals surface area contributed by atoms with Gasteiger partial charge in [0.2, 0.25) is 0 Å². The molecular weight excluding hydrogens is 303 g/mol. The molecule has 0 saturated heterocycles. The lowest BCUT2D eigenvalue weighted by molar-refractivity contribution is 0.0710. The van der Waals surface area contributed by atoms with Crippen molar-refractivity contribution in [2.24, 2.45) is 0 Å². The first kappa shape index (κ1) is 15.0. The number of carbonyl (C=O) groups is 1. The number of benzene rings is 1. The molecule has 0 spiro atoms. The molecule has 1 aromatic heterocycles. The average Bonchev–Trinajstić information content (AvgIpc) is 2.86. The number of phenolic OH excluding ortho intramolecular Hbond substituents is 1. The smallest absolute Gasteiger partial charge is 0.260 e. The fourth-order valence-corrected chi connectivity index (χ4v) is 4.08. The van der Waals surface area contributed by atoms with Crippen molar-refractivity contribution < 1.29 is 14.3 Å². The molecular formula is C16H17FN2O2S. The summed E-state index contributed by atoms with van der Waals surface area (Å²) in [6.45, 7) is 1.95. The van der Waals surface area contributed by atoms with Crippen LogP contribution in [0.25, 0.3) is 0 Å². The van der Waals surface area contributed by atoms with E-state index in [2.05, 4.69) is 4.98 Å². The summed E-state index contributed by atoms with van der Waals surface area (Å²) in [7, 11) is 1.66. The summed E-state index contributed by atoms with van der Waals surface area (Å²) in [5.74, 6) is -1.53. The van der Waals surface area contributed by atoms with Gasteiger partial charge in [0.25, 0.3) is 5.91 Å². The first-order chi connectivity index (χ1) is 10.5. The van der Waals surface area contributed by atoms with Crippen molar-refractivity contribution in [2.75, 3.05) is 7.05 Å². The number of halogens is 1. The van der Waals surface area contributed by atoms with Gasteiger partial charge in [0, 0.05) is 7.05 Å². The zero-order chi connectivity index (χ0) is 15.9. The van der Waals surface area contributed by atoms with Crippen molar-refractivity contribution in [1.29, 1.82) is 0 Å². The standard InChI is InChI=1S/C16H17FN2O2S/c1-9-18-11-6-4-7-12(15(11)22-9)19(2)16(21)14-10(17)5-3-8-13(14)20/h3,5,8,12,20H,4,6-7H2,1-2H3. The first-order valence-electron chi connectivity index (χ1n) is 7.20. The summed E-state index contributed by atoms with van der Waals surface area (Å²) >= 11 is 1.59. The van der Waals surface area contributed by atoms with Gasteiger partial charge < -0.3 is 10.0 Å². The van der Waals surface area contributed by atoms with Crippen molar-refractivity contribution >= 4 is 17.2 Å². The Hall–Kier alpha value is -1.95. The monoisotopic (exact) mass is 320 g/mol. The van der Waals surface area contributed by atoms with Gasteiger partial charge in [0.15, 0.2) is 0 Å². The van der Waals surface area contributed by atoms with Crippen molar-refractivity contribution in [3.05, 3.63) is 45.2 Å². The highest BCUT2D eigenvalue weighted by Crippen LogP contribution is 2.38. The summed E-state index contributed by atoms with van der Waals surface area (Å²) in [6.07, 6.45) is 2.69. The molecule has 3 rings (SSSR count). The normalized spacial score (nSPS) is 17.1. The number of carbonyl (C=O) groups excluding carboxylic acids is 1. The summed E-state index contributed by atoms with van der Waals surface area (Å²) in [5.41, 5.74) is 0.773. The summed E-state index contributed by atoms with van der Waals surface area (Å²) in [4.78, 5) is 19.7. The van der Waals surface area contributed by atoms with Gasteiger partial charge in [-0.1, -0.05) is 6.07 Å². The van der Waals surface area contributed by atoms with Crippen LogP contribution in [-0.4, -0.2) is 27.9 Å². The molecule has 1 aromatic carbocycles. The number of fused-ring (bicyclic) bond motifs is 1. The molecule has 1 aliphatic carbocycles. The molecule has 22 heavy (non-hydrogen) atoms. The van der Waals surface area contributed by atoms with Gasteiger partial charge in [-0.3, -0.25) is 4.79 Å². The van der Waals surface area contributed by atoms with Crippen LogP contribution in [0.15, 0.2) is 18.2 Å². The molecule has 1 heterocycles. The van der Waals surface area contributed by atoms with Gasteiger partial charge in [-0.05, 0) is 38.3 Å². The Morgan fingerprint density at radius 3 is 3.00 bits per heavy atom. The Labute approximate surface area is 132 Å². The largest absolute Gasteiger partial charge is 0.507 e. The minimum atomic E-state index is -0.701.